The lowest BCUT2D eigenvalue weighted by Gasteiger charge is -2.47. The number of rotatable bonds is 14. The zero-order valence-corrected chi connectivity index (χ0v) is 24.4. The molecule has 0 aromatic carbocycles. The van der Waals surface area contributed by atoms with Crippen LogP contribution in [0.15, 0.2) is 0 Å². The molecule has 40 heavy (non-hydrogen) atoms. The van der Waals surface area contributed by atoms with Gasteiger partial charge in [0.1, 0.15) is 36.6 Å². The van der Waals surface area contributed by atoms with E-state index in [-0.39, 0.29) is 0 Å². The number of hydrogen-bond acceptors (Lipinski definition) is 15. The van der Waals surface area contributed by atoms with E-state index in [2.05, 4.69) is 31.2 Å². The maximum Gasteiger partial charge on any atom is 0.481 e. The van der Waals surface area contributed by atoms with Crippen LogP contribution in [0.25, 0.3) is 0 Å². The van der Waals surface area contributed by atoms with Gasteiger partial charge < -0.3 is 63.8 Å². The van der Waals surface area contributed by atoms with E-state index in [4.69, 9.17) is 39.1 Å². The maximum atomic E-state index is 12.2. The first-order chi connectivity index (χ1) is 17.3. The molecule has 1 fully saturated rings. The summed E-state index contributed by atoms with van der Waals surface area (Å²) in [5, 5.41) is 10.5. The van der Waals surface area contributed by atoms with Gasteiger partial charge in [0.25, 0.3) is 0 Å². The van der Waals surface area contributed by atoms with Gasteiger partial charge in [0.15, 0.2) is 0 Å². The Morgan fingerprint density at radius 2 is 0.575 bits per heavy atom. The summed E-state index contributed by atoms with van der Waals surface area (Å²) in [6.45, 7) is 0. The lowest BCUT2D eigenvalue weighted by molar-refractivity contribution is -0.205. The summed E-state index contributed by atoms with van der Waals surface area (Å²) in [5.41, 5.74) is 0. The van der Waals surface area contributed by atoms with E-state index in [0.717, 1.165) is 0 Å². The van der Waals surface area contributed by atoms with Crippen molar-refractivity contribution >= 4 is 54.8 Å². The van der Waals surface area contributed by atoms with E-state index < -0.39 is 91.4 Å². The highest BCUT2D eigenvalue weighted by Crippen LogP contribution is 2.63. The highest BCUT2D eigenvalue weighted by Gasteiger charge is 2.61. The van der Waals surface area contributed by atoms with Gasteiger partial charge in [-0.1, -0.05) is 0 Å². The summed E-state index contributed by atoms with van der Waals surface area (Å²) in [5.74, 6) is 0. The second kappa shape index (κ2) is 13.0. The molecular weight excluding hydrogens is 721 g/mol. The summed E-state index contributed by atoms with van der Waals surface area (Å²) >= 11 is 0. The first-order valence-corrected chi connectivity index (χ1v) is 19.4. The van der Waals surface area contributed by atoms with Crippen LogP contribution in [0.4, 0.5) is 0 Å². The molecule has 34 heteroatoms. The predicted molar refractivity (Wildman–Crippen MR) is 112 cm³/mol. The summed E-state index contributed by atoms with van der Waals surface area (Å²) in [6, 6.07) is 0. The molecule has 13 N–H and O–H groups in total. The number of hydrogen-bond donors (Lipinski definition) is 13. The van der Waals surface area contributed by atoms with Crippen LogP contribution >= 0.6 is 54.8 Å². The van der Waals surface area contributed by atoms with Crippen molar-refractivity contribution in [3.63, 3.8) is 0 Å². The molecule has 1 saturated carbocycles. The molecule has 0 amide bonds. The van der Waals surface area contributed by atoms with Crippen LogP contribution in [-0.2, 0) is 63.2 Å². The first kappa shape index (κ1) is 38.8. The van der Waals surface area contributed by atoms with E-state index in [1.54, 1.807) is 0 Å². The standard InChI is InChI=1S/C6H19O27P7/c7-1-2(27-34(8,9)10)4(29-36(14,15)16)6(31-40(25,26)33-38(20,21)22)5(3(1)28-35(11,12)13)30-39(23,24)32-37(17,18)19/h1-7H,(H,23,24)(H,25,26)(H2,8,9,10)(H2,11,12,13)(H2,14,15,16)(H2,17,18,19)(H2,20,21,22)/t1-,2+,3+,4+,5-,6-/m0/s1. The Bertz CT molecular complexity index is 1230. The molecule has 240 valence electrons. The highest BCUT2D eigenvalue weighted by molar-refractivity contribution is 7.61. The van der Waals surface area contributed by atoms with Gasteiger partial charge in [0.2, 0.25) is 0 Å². The lowest BCUT2D eigenvalue weighted by atomic mass is 9.85. The van der Waals surface area contributed by atoms with Gasteiger partial charge in [-0.05, 0) is 0 Å². The van der Waals surface area contributed by atoms with Crippen molar-refractivity contribution in [2.45, 2.75) is 36.6 Å². The van der Waals surface area contributed by atoms with Gasteiger partial charge in [-0.2, -0.15) is 8.62 Å². The minimum Gasteiger partial charge on any atom is -0.387 e. The third-order valence-corrected chi connectivity index (χ3v) is 9.60. The Labute approximate surface area is 219 Å². The monoisotopic (exact) mass is 740 g/mol. The van der Waals surface area contributed by atoms with Gasteiger partial charge in [-0.25, -0.2) is 32.0 Å². The van der Waals surface area contributed by atoms with Crippen molar-refractivity contribution in [2.75, 3.05) is 0 Å². The molecule has 0 aromatic rings. The van der Waals surface area contributed by atoms with E-state index in [1.807, 2.05) is 0 Å². The first-order valence-electron chi connectivity index (χ1n) is 8.76. The molecule has 0 radical (unpaired) electrons. The summed E-state index contributed by atoms with van der Waals surface area (Å²) in [4.78, 5) is 109. The van der Waals surface area contributed by atoms with E-state index in [0.29, 0.717) is 0 Å². The number of aliphatic hydroxyl groups excluding tert-OH is 1. The highest BCUT2D eigenvalue weighted by atomic mass is 31.3. The SMILES string of the molecule is O=P(O)(O)O[C@H]1[C@H](OP(=O)(O)OP(=O)(O)O)[C@@H](OP(=O)(O)OP(=O)(O)O)[C@H](OP(=O)(O)O)[C@@H](O)[C@H]1OP(=O)(O)O. The van der Waals surface area contributed by atoms with Crippen molar-refractivity contribution < 1.29 is 127 Å². The second-order valence-electron chi connectivity index (χ2n) is 6.89. The van der Waals surface area contributed by atoms with Gasteiger partial charge in [0.05, 0.1) is 0 Å². The van der Waals surface area contributed by atoms with Crippen molar-refractivity contribution in [3.8, 4) is 0 Å². The fraction of sp³-hybridized carbons (Fsp3) is 1.00. The van der Waals surface area contributed by atoms with Gasteiger partial charge >= 0.3 is 54.8 Å². The van der Waals surface area contributed by atoms with E-state index in [9.17, 15) is 56.6 Å². The number of phosphoric acid groups is 7. The Kier molecular flexibility index (Phi) is 12.7. The summed E-state index contributed by atoms with van der Waals surface area (Å²) < 4.78 is 108. The molecule has 1 rings (SSSR count). The number of phosphoric ester groups is 5. The van der Waals surface area contributed by atoms with Crippen molar-refractivity contribution in [2.24, 2.45) is 0 Å². The Morgan fingerprint density at radius 1 is 0.350 bits per heavy atom. The molecule has 1 aliphatic carbocycles. The van der Waals surface area contributed by atoms with E-state index in [1.165, 1.54) is 0 Å². The molecule has 0 heterocycles. The second-order valence-corrected chi connectivity index (χ2v) is 16.0. The minimum atomic E-state index is -6.43. The molecule has 0 aromatic heterocycles. The van der Waals surface area contributed by atoms with Crippen molar-refractivity contribution in [1.82, 2.24) is 0 Å². The summed E-state index contributed by atoms with van der Waals surface area (Å²) in [7, 11) is -43.1. The quantitative estimate of drug-likeness (QED) is 0.0788. The maximum absolute atomic E-state index is 12.2. The third-order valence-electron chi connectivity index (χ3n) is 3.67. The molecule has 0 bridgehead atoms. The third kappa shape index (κ3) is 14.5. The van der Waals surface area contributed by atoms with Crippen LogP contribution in [0, 0.1) is 0 Å². The van der Waals surface area contributed by atoms with Crippen LogP contribution in [-0.4, -0.2) is 100 Å². The average Bonchev–Trinajstić information content (AvgIpc) is 2.57. The van der Waals surface area contributed by atoms with Crippen LogP contribution in [0.3, 0.4) is 0 Å². The van der Waals surface area contributed by atoms with Crippen molar-refractivity contribution in [1.29, 1.82) is 0 Å². The Morgan fingerprint density at radius 3 is 0.825 bits per heavy atom. The fourth-order valence-electron chi connectivity index (χ4n) is 2.83. The van der Waals surface area contributed by atoms with Crippen LogP contribution in [0.5, 0.6) is 0 Å². The molecule has 2 unspecified atom stereocenters. The Balaban J connectivity index is 3.98. The lowest BCUT2D eigenvalue weighted by Crippen LogP contribution is -2.66. The fourth-order valence-corrected chi connectivity index (χ4v) is 8.07. The summed E-state index contributed by atoms with van der Waals surface area (Å²) in [6.07, 6.45) is -19.5. The van der Waals surface area contributed by atoms with Crippen LogP contribution < -0.4 is 0 Å². The van der Waals surface area contributed by atoms with E-state index >= 15 is 0 Å². The zero-order valence-electron chi connectivity index (χ0n) is 18.1. The molecule has 1 aliphatic rings. The topological polar surface area (TPSA) is 447 Å². The van der Waals surface area contributed by atoms with Gasteiger partial charge in [-0.15, -0.1) is 0 Å². The number of aliphatic hydroxyl groups is 1. The zero-order chi connectivity index (χ0) is 31.9. The molecule has 8 atom stereocenters. The Hall–Kier alpha value is 0.810. The predicted octanol–water partition coefficient (Wildman–Crippen LogP) is -3.02. The van der Waals surface area contributed by atoms with Gasteiger partial charge in [0, 0.05) is 0 Å². The minimum absolute atomic E-state index is 3.13. The van der Waals surface area contributed by atoms with Gasteiger partial charge in [-0.3, -0.25) is 22.6 Å². The van der Waals surface area contributed by atoms with Crippen LogP contribution in [0.1, 0.15) is 0 Å². The normalized spacial score (nSPS) is 30.4. The smallest absolute Gasteiger partial charge is 0.387 e. The average molecular weight is 740 g/mol. The largest absolute Gasteiger partial charge is 0.481 e. The molecular formula is C6H19O27P7. The van der Waals surface area contributed by atoms with Crippen molar-refractivity contribution in [3.05, 3.63) is 0 Å². The molecule has 27 nitrogen and oxygen atoms in total. The molecule has 0 aliphatic heterocycles. The molecule has 0 spiro atoms. The van der Waals surface area contributed by atoms with Crippen LogP contribution in [0.2, 0.25) is 0 Å². The molecule has 0 saturated heterocycles.